The highest BCUT2D eigenvalue weighted by Gasteiger charge is 2.00. The number of allylic oxidation sites excluding steroid dienone is 3. The van der Waals surface area contributed by atoms with E-state index < -0.39 is 0 Å². The molecule has 0 spiro atoms. The third-order valence-electron chi connectivity index (χ3n) is 2.64. The van der Waals surface area contributed by atoms with Crippen LogP contribution in [-0.2, 0) is 11.2 Å². The van der Waals surface area contributed by atoms with E-state index in [4.69, 9.17) is 0 Å². The van der Waals surface area contributed by atoms with Crippen LogP contribution in [-0.4, -0.2) is 17.4 Å². The number of amides is 1. The summed E-state index contributed by atoms with van der Waals surface area (Å²) in [7, 11) is 0. The molecule has 1 aromatic heterocycles. The van der Waals surface area contributed by atoms with Gasteiger partial charge in [-0.25, -0.2) is 0 Å². The van der Waals surface area contributed by atoms with Crippen molar-refractivity contribution in [1.29, 1.82) is 0 Å². The van der Waals surface area contributed by atoms with Gasteiger partial charge >= 0.3 is 0 Å². The second-order valence-corrected chi connectivity index (χ2v) is 4.48. The van der Waals surface area contributed by atoms with Crippen LogP contribution in [0.1, 0.15) is 32.3 Å². The first-order valence-corrected chi connectivity index (χ1v) is 6.71. The quantitative estimate of drug-likeness (QED) is 0.764. The third kappa shape index (κ3) is 7.19. The van der Waals surface area contributed by atoms with Crippen LogP contribution in [0.4, 0.5) is 0 Å². The standard InChI is InChI=1S/C16H22N2O/c1-3-4-7-14(2)8-5-11-18-16(19)12-15-9-6-10-17-13-15/h5-10,13H,3-4,11-12H2,1-2H3,(H,18,19)/b8-5-,14-7+. The molecule has 102 valence electrons. The molecule has 0 fully saturated rings. The van der Waals surface area contributed by atoms with E-state index in [1.807, 2.05) is 24.3 Å². The summed E-state index contributed by atoms with van der Waals surface area (Å²) >= 11 is 0. The molecule has 0 saturated carbocycles. The second kappa shape index (κ2) is 9.09. The maximum absolute atomic E-state index is 11.6. The first-order chi connectivity index (χ1) is 9.22. The lowest BCUT2D eigenvalue weighted by Gasteiger charge is -2.02. The fraction of sp³-hybridized carbons (Fsp3) is 0.375. The van der Waals surface area contributed by atoms with Crippen molar-refractivity contribution in [3.63, 3.8) is 0 Å². The smallest absolute Gasteiger partial charge is 0.224 e. The zero-order valence-electron chi connectivity index (χ0n) is 11.7. The molecule has 1 heterocycles. The number of carbonyl (C=O) groups is 1. The zero-order chi connectivity index (χ0) is 13.9. The average molecular weight is 258 g/mol. The Morgan fingerprint density at radius 3 is 3.00 bits per heavy atom. The van der Waals surface area contributed by atoms with E-state index >= 15 is 0 Å². The van der Waals surface area contributed by atoms with Crippen molar-refractivity contribution in [2.45, 2.75) is 33.1 Å². The lowest BCUT2D eigenvalue weighted by atomic mass is 10.2. The molecule has 0 atom stereocenters. The summed E-state index contributed by atoms with van der Waals surface area (Å²) in [6.45, 7) is 4.80. The van der Waals surface area contributed by atoms with Crippen LogP contribution < -0.4 is 5.32 Å². The fourth-order valence-corrected chi connectivity index (χ4v) is 1.61. The molecule has 0 bridgehead atoms. The van der Waals surface area contributed by atoms with Crippen molar-refractivity contribution >= 4 is 5.91 Å². The number of rotatable bonds is 7. The lowest BCUT2D eigenvalue weighted by Crippen LogP contribution is -2.25. The number of aromatic nitrogens is 1. The van der Waals surface area contributed by atoms with Crippen molar-refractivity contribution in [3.05, 3.63) is 53.9 Å². The van der Waals surface area contributed by atoms with Gasteiger partial charge in [-0.3, -0.25) is 9.78 Å². The minimum atomic E-state index is 0.0211. The molecule has 1 N–H and O–H groups in total. The SMILES string of the molecule is CCC/C=C(C)/C=C\CNC(=O)Cc1cccnc1. The number of unbranched alkanes of at least 4 members (excludes halogenated alkanes) is 1. The minimum Gasteiger partial charge on any atom is -0.352 e. The van der Waals surface area contributed by atoms with Crippen molar-refractivity contribution in [2.24, 2.45) is 0 Å². The Morgan fingerprint density at radius 2 is 2.32 bits per heavy atom. The number of nitrogens with zero attached hydrogens (tertiary/aromatic N) is 1. The van der Waals surface area contributed by atoms with E-state index in [-0.39, 0.29) is 5.91 Å². The van der Waals surface area contributed by atoms with E-state index in [0.29, 0.717) is 13.0 Å². The highest BCUT2D eigenvalue weighted by Crippen LogP contribution is 1.99. The Bertz CT molecular complexity index is 435. The molecule has 0 aromatic carbocycles. The predicted molar refractivity (Wildman–Crippen MR) is 78.8 cm³/mol. The first kappa shape index (κ1) is 15.2. The Morgan fingerprint density at radius 1 is 1.47 bits per heavy atom. The summed E-state index contributed by atoms with van der Waals surface area (Å²) in [6.07, 6.45) is 12.3. The predicted octanol–water partition coefficient (Wildman–Crippen LogP) is 3.04. The van der Waals surface area contributed by atoms with Gasteiger partial charge in [-0.1, -0.05) is 43.2 Å². The van der Waals surface area contributed by atoms with Crippen molar-refractivity contribution in [2.75, 3.05) is 6.54 Å². The third-order valence-corrected chi connectivity index (χ3v) is 2.64. The Balaban J connectivity index is 2.26. The maximum atomic E-state index is 11.6. The van der Waals surface area contributed by atoms with Gasteiger partial charge in [-0.15, -0.1) is 0 Å². The Hall–Kier alpha value is -1.90. The molecular formula is C16H22N2O. The van der Waals surface area contributed by atoms with E-state index in [1.54, 1.807) is 12.4 Å². The van der Waals surface area contributed by atoms with E-state index in [2.05, 4.69) is 30.2 Å². The molecular weight excluding hydrogens is 236 g/mol. The largest absolute Gasteiger partial charge is 0.352 e. The highest BCUT2D eigenvalue weighted by molar-refractivity contribution is 5.78. The van der Waals surface area contributed by atoms with Gasteiger partial charge in [-0.05, 0) is 25.0 Å². The normalized spacial score (nSPS) is 11.8. The molecule has 3 heteroatoms. The second-order valence-electron chi connectivity index (χ2n) is 4.48. The monoisotopic (exact) mass is 258 g/mol. The molecule has 19 heavy (non-hydrogen) atoms. The molecule has 3 nitrogen and oxygen atoms in total. The van der Waals surface area contributed by atoms with E-state index in [0.717, 1.165) is 18.4 Å². The summed E-state index contributed by atoms with van der Waals surface area (Å²) in [4.78, 5) is 15.6. The van der Waals surface area contributed by atoms with E-state index in [1.165, 1.54) is 5.57 Å². The molecule has 1 aromatic rings. The number of pyridine rings is 1. The van der Waals surface area contributed by atoms with Crippen LogP contribution >= 0.6 is 0 Å². The first-order valence-electron chi connectivity index (χ1n) is 6.71. The number of nitrogens with one attached hydrogen (secondary N) is 1. The molecule has 0 unspecified atom stereocenters. The van der Waals surface area contributed by atoms with Gasteiger partial charge in [0.15, 0.2) is 0 Å². The molecule has 0 aliphatic rings. The van der Waals surface area contributed by atoms with Gasteiger partial charge in [-0.2, -0.15) is 0 Å². The summed E-state index contributed by atoms with van der Waals surface area (Å²) in [6, 6.07) is 3.74. The van der Waals surface area contributed by atoms with Gasteiger partial charge in [0.1, 0.15) is 0 Å². The van der Waals surface area contributed by atoms with Crippen LogP contribution in [0.2, 0.25) is 0 Å². The summed E-state index contributed by atoms with van der Waals surface area (Å²) in [5.74, 6) is 0.0211. The van der Waals surface area contributed by atoms with Crippen molar-refractivity contribution < 1.29 is 4.79 Å². The van der Waals surface area contributed by atoms with Crippen LogP contribution in [0, 0.1) is 0 Å². The Kier molecular flexibility index (Phi) is 7.25. The maximum Gasteiger partial charge on any atom is 0.224 e. The lowest BCUT2D eigenvalue weighted by molar-refractivity contribution is -0.120. The fourth-order valence-electron chi connectivity index (χ4n) is 1.61. The van der Waals surface area contributed by atoms with Crippen molar-refractivity contribution in [3.8, 4) is 0 Å². The van der Waals surface area contributed by atoms with Gasteiger partial charge in [0.25, 0.3) is 0 Å². The summed E-state index contributed by atoms with van der Waals surface area (Å²) < 4.78 is 0. The highest BCUT2D eigenvalue weighted by atomic mass is 16.1. The van der Waals surface area contributed by atoms with Gasteiger partial charge in [0.05, 0.1) is 6.42 Å². The number of hydrogen-bond acceptors (Lipinski definition) is 2. The molecule has 0 aliphatic heterocycles. The van der Waals surface area contributed by atoms with E-state index in [9.17, 15) is 4.79 Å². The van der Waals surface area contributed by atoms with Gasteiger partial charge < -0.3 is 5.32 Å². The van der Waals surface area contributed by atoms with Crippen LogP contribution in [0.15, 0.2) is 48.3 Å². The molecule has 1 rings (SSSR count). The number of hydrogen-bond donors (Lipinski definition) is 1. The van der Waals surface area contributed by atoms with Crippen molar-refractivity contribution in [1.82, 2.24) is 10.3 Å². The molecule has 0 aliphatic carbocycles. The van der Waals surface area contributed by atoms with Crippen LogP contribution in [0.5, 0.6) is 0 Å². The van der Waals surface area contributed by atoms with Crippen LogP contribution in [0.25, 0.3) is 0 Å². The van der Waals surface area contributed by atoms with Gasteiger partial charge in [0.2, 0.25) is 5.91 Å². The topological polar surface area (TPSA) is 42.0 Å². The number of carbonyl (C=O) groups excluding carboxylic acids is 1. The zero-order valence-corrected chi connectivity index (χ0v) is 11.7. The molecule has 1 amide bonds. The molecule has 0 radical (unpaired) electrons. The molecule has 0 saturated heterocycles. The summed E-state index contributed by atoms with van der Waals surface area (Å²) in [5, 5.41) is 2.86. The van der Waals surface area contributed by atoms with Gasteiger partial charge in [0, 0.05) is 18.9 Å². The average Bonchev–Trinajstić information content (AvgIpc) is 2.42. The van der Waals surface area contributed by atoms with Crippen LogP contribution in [0.3, 0.4) is 0 Å². The minimum absolute atomic E-state index is 0.0211. The summed E-state index contributed by atoms with van der Waals surface area (Å²) in [5.41, 5.74) is 2.17. The Labute approximate surface area is 115 Å².